The molecular weight excluding hydrogens is 272 g/mol. The van der Waals surface area contributed by atoms with E-state index in [2.05, 4.69) is 33.8 Å². The van der Waals surface area contributed by atoms with Crippen LogP contribution in [0.25, 0.3) is 0 Å². The third-order valence-electron chi connectivity index (χ3n) is 8.12. The van der Waals surface area contributed by atoms with Crippen molar-refractivity contribution in [3.63, 3.8) is 0 Å². The molecule has 0 aromatic carbocycles. The summed E-state index contributed by atoms with van der Waals surface area (Å²) in [6.07, 6.45) is 12.0. The van der Waals surface area contributed by atoms with Crippen LogP contribution in [0.3, 0.4) is 0 Å². The Bertz CT molecular complexity index is 550. The van der Waals surface area contributed by atoms with Crippen molar-refractivity contribution in [2.24, 2.45) is 22.7 Å². The minimum atomic E-state index is 0.160. The fourth-order valence-electron chi connectivity index (χ4n) is 6.02. The Morgan fingerprint density at radius 2 is 2.00 bits per heavy atom. The third-order valence-corrected chi connectivity index (χ3v) is 8.12. The number of hydrogen-bond acceptors (Lipinski definition) is 2. The molecule has 0 bridgehead atoms. The van der Waals surface area contributed by atoms with E-state index in [1.807, 2.05) is 6.26 Å². The fourth-order valence-corrected chi connectivity index (χ4v) is 6.02. The fraction of sp³-hybridized carbons (Fsp3) is 0.800. The predicted octanol–water partition coefficient (Wildman–Crippen LogP) is 5.22. The van der Waals surface area contributed by atoms with Crippen LogP contribution in [0.2, 0.25) is 0 Å². The molecule has 22 heavy (non-hydrogen) atoms. The maximum atomic E-state index is 6.20. The Balaban J connectivity index is 1.61. The summed E-state index contributed by atoms with van der Waals surface area (Å²) in [4.78, 5) is 0. The zero-order chi connectivity index (χ0) is 15.6. The number of rotatable bonds is 3. The first-order valence-corrected chi connectivity index (χ1v) is 9.09. The Morgan fingerprint density at radius 3 is 2.73 bits per heavy atom. The summed E-state index contributed by atoms with van der Waals surface area (Å²) in [5.74, 6) is 1.59. The Kier molecular flexibility index (Phi) is 3.11. The van der Waals surface area contributed by atoms with Gasteiger partial charge in [0, 0.05) is 5.41 Å². The number of fused-ring (bicyclic) bond motifs is 3. The van der Waals surface area contributed by atoms with Crippen LogP contribution in [0.15, 0.2) is 23.0 Å². The molecule has 1 aromatic heterocycles. The van der Waals surface area contributed by atoms with Gasteiger partial charge in [0.05, 0.1) is 24.2 Å². The second kappa shape index (κ2) is 4.63. The average Bonchev–Trinajstić information content (AvgIpc) is 2.95. The van der Waals surface area contributed by atoms with Crippen LogP contribution >= 0.6 is 0 Å². The van der Waals surface area contributed by atoms with Crippen molar-refractivity contribution in [2.45, 2.75) is 77.9 Å². The van der Waals surface area contributed by atoms with Gasteiger partial charge in [0.25, 0.3) is 0 Å². The lowest BCUT2D eigenvalue weighted by Crippen LogP contribution is -2.56. The quantitative estimate of drug-likeness (QED) is 0.715. The van der Waals surface area contributed by atoms with Crippen molar-refractivity contribution in [1.82, 2.24) is 0 Å². The molecule has 2 nitrogen and oxygen atoms in total. The first-order chi connectivity index (χ1) is 10.4. The van der Waals surface area contributed by atoms with Crippen LogP contribution in [-0.2, 0) is 11.2 Å². The molecule has 2 saturated carbocycles. The molecule has 4 rings (SSSR count). The molecule has 2 aliphatic carbocycles. The molecule has 0 N–H and O–H groups in total. The van der Waals surface area contributed by atoms with Crippen molar-refractivity contribution in [3.05, 3.63) is 24.2 Å². The van der Waals surface area contributed by atoms with Gasteiger partial charge in [-0.15, -0.1) is 0 Å². The van der Waals surface area contributed by atoms with Crippen LogP contribution in [0.4, 0.5) is 0 Å². The smallest absolute Gasteiger partial charge is 0.0976 e. The Hall–Kier alpha value is -0.760. The van der Waals surface area contributed by atoms with Gasteiger partial charge in [-0.2, -0.15) is 0 Å². The van der Waals surface area contributed by atoms with Gasteiger partial charge in [-0.05, 0) is 74.3 Å². The molecule has 6 atom stereocenters. The van der Waals surface area contributed by atoms with E-state index in [1.54, 1.807) is 6.26 Å². The SMILES string of the molecule is C[C@@H]1CC[C@]2(C)[C@H](CC[C@H]3O[C@]32C)[C@@]1(C)CCc1ccoc1. The van der Waals surface area contributed by atoms with Gasteiger partial charge in [-0.3, -0.25) is 0 Å². The van der Waals surface area contributed by atoms with Crippen molar-refractivity contribution in [3.8, 4) is 0 Å². The molecule has 0 radical (unpaired) electrons. The van der Waals surface area contributed by atoms with Gasteiger partial charge in [0.1, 0.15) is 0 Å². The van der Waals surface area contributed by atoms with Crippen molar-refractivity contribution < 1.29 is 9.15 Å². The lowest BCUT2D eigenvalue weighted by atomic mass is 9.44. The average molecular weight is 302 g/mol. The molecule has 122 valence electrons. The van der Waals surface area contributed by atoms with E-state index in [0.29, 0.717) is 16.9 Å². The molecule has 0 unspecified atom stereocenters. The van der Waals surface area contributed by atoms with Crippen LogP contribution < -0.4 is 0 Å². The number of hydrogen-bond donors (Lipinski definition) is 0. The number of epoxide rings is 1. The first-order valence-electron chi connectivity index (χ1n) is 9.09. The van der Waals surface area contributed by atoms with Crippen LogP contribution in [0.5, 0.6) is 0 Å². The van der Waals surface area contributed by atoms with Gasteiger partial charge in [-0.25, -0.2) is 0 Å². The van der Waals surface area contributed by atoms with Gasteiger partial charge < -0.3 is 9.15 Å². The Morgan fingerprint density at radius 1 is 1.18 bits per heavy atom. The zero-order valence-electron chi connectivity index (χ0n) is 14.5. The summed E-state index contributed by atoms with van der Waals surface area (Å²) >= 11 is 0. The van der Waals surface area contributed by atoms with Gasteiger partial charge in [0.15, 0.2) is 0 Å². The molecule has 1 aliphatic heterocycles. The monoisotopic (exact) mass is 302 g/mol. The highest BCUT2D eigenvalue weighted by Gasteiger charge is 2.71. The standard InChI is InChI=1S/C20H30O2/c1-14-7-11-19(3)16(5-6-17-20(19,4)22-17)18(14,2)10-8-15-9-12-21-13-15/h9,12-14,16-17H,5-8,10-11H2,1-4H3/t14-,16-,17-,18+,19-,20-/m1/s1. The third kappa shape index (κ3) is 1.82. The highest BCUT2D eigenvalue weighted by molar-refractivity contribution is 5.20. The van der Waals surface area contributed by atoms with Gasteiger partial charge in [0.2, 0.25) is 0 Å². The highest BCUT2D eigenvalue weighted by atomic mass is 16.6. The lowest BCUT2D eigenvalue weighted by molar-refractivity contribution is -0.102. The minimum absolute atomic E-state index is 0.160. The van der Waals surface area contributed by atoms with Crippen LogP contribution in [0, 0.1) is 22.7 Å². The van der Waals surface area contributed by atoms with Crippen LogP contribution in [-0.4, -0.2) is 11.7 Å². The summed E-state index contributed by atoms with van der Waals surface area (Å²) < 4.78 is 11.5. The molecule has 1 saturated heterocycles. The first kappa shape index (κ1) is 14.8. The van der Waals surface area contributed by atoms with E-state index in [9.17, 15) is 0 Å². The van der Waals surface area contributed by atoms with E-state index in [4.69, 9.17) is 9.15 Å². The maximum Gasteiger partial charge on any atom is 0.0976 e. The zero-order valence-corrected chi connectivity index (χ0v) is 14.5. The molecule has 3 aliphatic rings. The number of ether oxygens (including phenoxy) is 1. The largest absolute Gasteiger partial charge is 0.472 e. The minimum Gasteiger partial charge on any atom is -0.472 e. The van der Waals surface area contributed by atoms with Crippen molar-refractivity contribution in [1.29, 1.82) is 0 Å². The highest BCUT2D eigenvalue weighted by Crippen LogP contribution is 2.70. The van der Waals surface area contributed by atoms with Crippen LogP contribution in [0.1, 0.15) is 65.4 Å². The van der Waals surface area contributed by atoms with Crippen molar-refractivity contribution >= 4 is 0 Å². The topological polar surface area (TPSA) is 25.7 Å². The summed E-state index contributed by atoms with van der Waals surface area (Å²) in [6, 6.07) is 2.12. The summed E-state index contributed by atoms with van der Waals surface area (Å²) in [5.41, 5.74) is 2.30. The van der Waals surface area contributed by atoms with Gasteiger partial charge in [-0.1, -0.05) is 20.8 Å². The second-order valence-corrected chi connectivity index (χ2v) is 8.84. The molecule has 2 heteroatoms. The molecule has 1 aromatic rings. The van der Waals surface area contributed by atoms with E-state index in [1.165, 1.54) is 37.7 Å². The maximum absolute atomic E-state index is 6.20. The molecule has 0 spiro atoms. The summed E-state index contributed by atoms with van der Waals surface area (Å²) in [7, 11) is 0. The normalized spacial score (nSPS) is 50.3. The van der Waals surface area contributed by atoms with E-state index >= 15 is 0 Å². The summed E-state index contributed by atoms with van der Waals surface area (Å²) in [6.45, 7) is 9.96. The van der Waals surface area contributed by atoms with Crippen molar-refractivity contribution in [2.75, 3.05) is 0 Å². The predicted molar refractivity (Wildman–Crippen MR) is 87.6 cm³/mol. The number of furan rings is 1. The molecule has 2 heterocycles. The number of aryl methyl sites for hydroxylation is 1. The van der Waals surface area contributed by atoms with E-state index < -0.39 is 0 Å². The molecule has 0 amide bonds. The lowest BCUT2D eigenvalue weighted by Gasteiger charge is -2.59. The molecule has 3 fully saturated rings. The summed E-state index contributed by atoms with van der Waals surface area (Å²) in [5, 5.41) is 0. The second-order valence-electron chi connectivity index (χ2n) is 8.84. The van der Waals surface area contributed by atoms with Gasteiger partial charge >= 0.3 is 0 Å². The van der Waals surface area contributed by atoms with E-state index in [0.717, 1.165) is 18.3 Å². The Labute approximate surface area is 134 Å². The molecular formula is C20H30O2. The van der Waals surface area contributed by atoms with E-state index in [-0.39, 0.29) is 5.60 Å².